The van der Waals surface area contributed by atoms with E-state index in [0.717, 1.165) is 16.7 Å². The number of nitrogens with zero attached hydrogens (tertiary/aromatic N) is 2. The van der Waals surface area contributed by atoms with Crippen molar-refractivity contribution in [3.05, 3.63) is 65.2 Å². The van der Waals surface area contributed by atoms with Crippen molar-refractivity contribution in [1.29, 1.82) is 0 Å². The zero-order valence-electron chi connectivity index (χ0n) is 11.8. The molecule has 0 aromatic carbocycles. The molecule has 0 radical (unpaired) electrons. The van der Waals surface area contributed by atoms with Gasteiger partial charge in [-0.15, -0.1) is 0 Å². The van der Waals surface area contributed by atoms with E-state index in [-0.39, 0.29) is 5.56 Å². The summed E-state index contributed by atoms with van der Waals surface area (Å²) in [6.45, 7) is 6.92. The van der Waals surface area contributed by atoms with E-state index in [9.17, 15) is 4.79 Å². The highest BCUT2D eigenvalue weighted by Crippen LogP contribution is 2.13. The molecule has 0 saturated heterocycles. The third kappa shape index (κ3) is 3.73. The van der Waals surface area contributed by atoms with Crippen LogP contribution in [0.4, 0.5) is 0 Å². The molecule has 2 N–H and O–H groups in total. The van der Waals surface area contributed by atoms with E-state index in [0.29, 0.717) is 18.8 Å². The van der Waals surface area contributed by atoms with Gasteiger partial charge in [0.1, 0.15) is 0 Å². The van der Waals surface area contributed by atoms with Crippen molar-refractivity contribution in [1.82, 2.24) is 15.3 Å². The van der Waals surface area contributed by atoms with Gasteiger partial charge in [-0.25, -0.2) is 4.79 Å². The molecule has 108 valence electrons. The summed E-state index contributed by atoms with van der Waals surface area (Å²) in [6.07, 6.45) is 6.88. The van der Waals surface area contributed by atoms with Gasteiger partial charge in [-0.1, -0.05) is 12.7 Å². The molecule has 0 spiro atoms. The van der Waals surface area contributed by atoms with Gasteiger partial charge in [-0.2, -0.15) is 0 Å². The Bertz CT molecular complexity index is 668. The van der Waals surface area contributed by atoms with Gasteiger partial charge in [-0.05, 0) is 35.7 Å². The highest BCUT2D eigenvalue weighted by Gasteiger charge is 2.05. The molecule has 0 aliphatic heterocycles. The van der Waals surface area contributed by atoms with Gasteiger partial charge in [0.15, 0.2) is 0 Å². The number of carboxylic acids is 1. The van der Waals surface area contributed by atoms with Crippen molar-refractivity contribution < 1.29 is 9.90 Å². The van der Waals surface area contributed by atoms with Crippen LogP contribution in [0.2, 0.25) is 0 Å². The van der Waals surface area contributed by atoms with Crippen molar-refractivity contribution in [3.63, 3.8) is 0 Å². The van der Waals surface area contributed by atoms with Crippen LogP contribution >= 0.6 is 0 Å². The van der Waals surface area contributed by atoms with Gasteiger partial charge in [0.05, 0.1) is 11.3 Å². The van der Waals surface area contributed by atoms with E-state index in [1.807, 2.05) is 13.1 Å². The predicted octanol–water partition coefficient (Wildman–Crippen LogP) is 2.42. The lowest BCUT2D eigenvalue weighted by Crippen LogP contribution is -2.15. The van der Waals surface area contributed by atoms with Crippen molar-refractivity contribution in [2.75, 3.05) is 0 Å². The molecule has 0 aliphatic carbocycles. The first-order valence-corrected chi connectivity index (χ1v) is 6.56. The quantitative estimate of drug-likeness (QED) is 0.851. The lowest BCUT2D eigenvalue weighted by molar-refractivity contribution is 0.0696. The topological polar surface area (TPSA) is 75.1 Å². The molecule has 2 aromatic heterocycles. The minimum Gasteiger partial charge on any atom is -0.478 e. The Hall–Kier alpha value is -2.53. The third-order valence-corrected chi connectivity index (χ3v) is 3.26. The Morgan fingerprint density at radius 3 is 2.95 bits per heavy atom. The van der Waals surface area contributed by atoms with E-state index in [4.69, 9.17) is 5.11 Å². The van der Waals surface area contributed by atoms with Crippen LogP contribution in [-0.2, 0) is 13.1 Å². The number of hydrogen-bond donors (Lipinski definition) is 2. The maximum atomic E-state index is 10.9. The lowest BCUT2D eigenvalue weighted by Gasteiger charge is -2.09. The summed E-state index contributed by atoms with van der Waals surface area (Å²) < 4.78 is 0. The Morgan fingerprint density at radius 2 is 2.24 bits per heavy atom. The average molecular weight is 283 g/mol. The minimum atomic E-state index is -0.947. The maximum absolute atomic E-state index is 10.9. The molecule has 21 heavy (non-hydrogen) atoms. The van der Waals surface area contributed by atoms with Crippen LogP contribution in [0, 0.1) is 6.92 Å². The normalized spacial score (nSPS) is 10.3. The zero-order chi connectivity index (χ0) is 15.2. The molecule has 0 unspecified atom stereocenters. The second-order valence-electron chi connectivity index (χ2n) is 4.66. The number of carbonyl (C=O) groups is 1. The van der Waals surface area contributed by atoms with Gasteiger partial charge in [-0.3, -0.25) is 9.97 Å². The molecule has 5 nitrogen and oxygen atoms in total. The molecule has 0 atom stereocenters. The summed E-state index contributed by atoms with van der Waals surface area (Å²) in [4.78, 5) is 19.2. The number of pyridine rings is 2. The molecule has 2 heterocycles. The first-order chi connectivity index (χ1) is 10.1. The SMILES string of the molecule is C=Cc1cncc(CNCc2cc(C(=O)O)ccn2)c1C. The highest BCUT2D eigenvalue weighted by molar-refractivity contribution is 5.87. The van der Waals surface area contributed by atoms with Gasteiger partial charge in [0, 0.05) is 31.7 Å². The fraction of sp³-hybridized carbons (Fsp3) is 0.188. The Kier molecular flexibility index (Phi) is 4.79. The fourth-order valence-electron chi connectivity index (χ4n) is 2.00. The van der Waals surface area contributed by atoms with Gasteiger partial charge in [0.2, 0.25) is 0 Å². The molecule has 0 amide bonds. The summed E-state index contributed by atoms with van der Waals surface area (Å²) in [5.41, 5.74) is 4.18. The largest absolute Gasteiger partial charge is 0.478 e. The van der Waals surface area contributed by atoms with Crippen molar-refractivity contribution in [2.45, 2.75) is 20.0 Å². The molecule has 0 fully saturated rings. The Labute approximate surface area is 123 Å². The maximum Gasteiger partial charge on any atom is 0.335 e. The van der Waals surface area contributed by atoms with Gasteiger partial charge < -0.3 is 10.4 Å². The summed E-state index contributed by atoms with van der Waals surface area (Å²) in [6, 6.07) is 3.05. The number of aromatic carboxylic acids is 1. The Balaban J connectivity index is 2.00. The first-order valence-electron chi connectivity index (χ1n) is 6.56. The number of nitrogens with one attached hydrogen (secondary N) is 1. The summed E-state index contributed by atoms with van der Waals surface area (Å²) in [7, 11) is 0. The molecule has 0 saturated carbocycles. The van der Waals surface area contributed by atoms with Gasteiger partial charge >= 0.3 is 5.97 Å². The number of carboxylic acid groups (broad SMARTS) is 1. The molecular weight excluding hydrogens is 266 g/mol. The molecule has 0 bridgehead atoms. The standard InChI is InChI=1S/C16H17N3O2/c1-3-12-7-17-8-14(11(12)2)9-18-10-15-6-13(16(20)21)4-5-19-15/h3-8,18H,1,9-10H2,2H3,(H,20,21). The summed E-state index contributed by atoms with van der Waals surface area (Å²) in [5, 5.41) is 12.2. The zero-order valence-corrected chi connectivity index (χ0v) is 11.8. The fourth-order valence-corrected chi connectivity index (χ4v) is 2.00. The van der Waals surface area contributed by atoms with Crippen LogP contribution in [0.1, 0.15) is 32.7 Å². The first kappa shape index (κ1) is 14.9. The van der Waals surface area contributed by atoms with Crippen molar-refractivity contribution >= 4 is 12.0 Å². The average Bonchev–Trinajstić information content (AvgIpc) is 2.49. The Morgan fingerprint density at radius 1 is 1.43 bits per heavy atom. The van der Waals surface area contributed by atoms with Crippen LogP contribution in [0.3, 0.4) is 0 Å². The molecule has 2 aromatic rings. The van der Waals surface area contributed by atoms with Gasteiger partial charge in [0.25, 0.3) is 0 Å². The number of aromatic nitrogens is 2. The predicted molar refractivity (Wildman–Crippen MR) is 80.8 cm³/mol. The lowest BCUT2D eigenvalue weighted by atomic mass is 10.1. The third-order valence-electron chi connectivity index (χ3n) is 3.26. The van der Waals surface area contributed by atoms with Crippen molar-refractivity contribution in [3.8, 4) is 0 Å². The van der Waals surface area contributed by atoms with E-state index in [2.05, 4.69) is 21.9 Å². The summed E-state index contributed by atoms with van der Waals surface area (Å²) >= 11 is 0. The molecule has 0 aliphatic rings. The van der Waals surface area contributed by atoms with Crippen LogP contribution in [-0.4, -0.2) is 21.0 Å². The smallest absolute Gasteiger partial charge is 0.335 e. The van der Waals surface area contributed by atoms with Crippen LogP contribution < -0.4 is 5.32 Å². The monoisotopic (exact) mass is 283 g/mol. The van der Waals surface area contributed by atoms with Crippen LogP contribution in [0.5, 0.6) is 0 Å². The molecular formula is C16H17N3O2. The van der Waals surface area contributed by atoms with Crippen LogP contribution in [0.25, 0.3) is 6.08 Å². The van der Waals surface area contributed by atoms with Crippen molar-refractivity contribution in [2.24, 2.45) is 0 Å². The number of rotatable bonds is 6. The summed E-state index contributed by atoms with van der Waals surface area (Å²) in [5.74, 6) is -0.947. The van der Waals surface area contributed by atoms with Crippen LogP contribution in [0.15, 0.2) is 37.3 Å². The van der Waals surface area contributed by atoms with E-state index >= 15 is 0 Å². The van der Waals surface area contributed by atoms with E-state index in [1.165, 1.54) is 12.3 Å². The highest BCUT2D eigenvalue weighted by atomic mass is 16.4. The second kappa shape index (κ2) is 6.76. The molecule has 2 rings (SSSR count). The molecule has 5 heteroatoms. The second-order valence-corrected chi connectivity index (χ2v) is 4.66. The van der Waals surface area contributed by atoms with E-state index in [1.54, 1.807) is 18.3 Å². The minimum absolute atomic E-state index is 0.244. The van der Waals surface area contributed by atoms with E-state index < -0.39 is 5.97 Å². The number of hydrogen-bond acceptors (Lipinski definition) is 4.